The van der Waals surface area contributed by atoms with Gasteiger partial charge < -0.3 is 4.74 Å². The van der Waals surface area contributed by atoms with E-state index in [1.165, 1.54) is 0 Å². The molecule has 5 heteroatoms. The van der Waals surface area contributed by atoms with E-state index in [-0.39, 0.29) is 10.6 Å². The monoisotopic (exact) mass is 203 g/mol. The third kappa shape index (κ3) is 1.56. The first-order valence-electron chi connectivity index (χ1n) is 3.23. The second-order valence-corrected chi connectivity index (χ2v) is 2.56. The molecule has 0 aliphatic rings. The van der Waals surface area contributed by atoms with Crippen LogP contribution in [0, 0.1) is 23.0 Å². The van der Waals surface area contributed by atoms with Gasteiger partial charge in [-0.25, -0.2) is 4.39 Å². The van der Waals surface area contributed by atoms with Gasteiger partial charge in [-0.1, -0.05) is 11.6 Å². The first kappa shape index (κ1) is 9.75. The highest BCUT2D eigenvalue weighted by molar-refractivity contribution is 6.33. The molecule has 0 radical (unpaired) electrons. The van der Waals surface area contributed by atoms with E-state index >= 15 is 0 Å². The Labute approximate surface area is 78.3 Å². The lowest BCUT2D eigenvalue weighted by atomic mass is 10.2. The van der Waals surface area contributed by atoms with E-state index < -0.39 is 17.4 Å². The Morgan fingerprint density at radius 1 is 1.54 bits per heavy atom. The summed E-state index contributed by atoms with van der Waals surface area (Å²) in [4.78, 5) is 0. The highest BCUT2D eigenvalue weighted by Crippen LogP contribution is 2.32. The summed E-state index contributed by atoms with van der Waals surface area (Å²) >= 11 is 5.53. The van der Waals surface area contributed by atoms with E-state index in [0.29, 0.717) is 0 Å². The molecule has 0 saturated heterocycles. The molecule has 68 valence electrons. The summed E-state index contributed by atoms with van der Waals surface area (Å²) in [6.45, 7) is 0. The summed E-state index contributed by atoms with van der Waals surface area (Å²) in [5, 5.41) is 8.26. The van der Waals surface area contributed by atoms with Crippen molar-refractivity contribution in [1.29, 1.82) is 5.26 Å². The molecule has 0 N–H and O–H groups in total. The van der Waals surface area contributed by atoms with Gasteiger partial charge in [0.15, 0.2) is 11.6 Å². The van der Waals surface area contributed by atoms with Crippen LogP contribution >= 0.6 is 11.6 Å². The third-order valence-corrected chi connectivity index (χ3v) is 1.82. The minimum Gasteiger partial charge on any atom is -0.492 e. The lowest BCUT2D eigenvalue weighted by Gasteiger charge is -2.05. The van der Waals surface area contributed by atoms with E-state index in [0.717, 1.165) is 13.2 Å². The van der Waals surface area contributed by atoms with E-state index in [9.17, 15) is 8.78 Å². The van der Waals surface area contributed by atoms with Crippen LogP contribution < -0.4 is 4.74 Å². The fourth-order valence-electron chi connectivity index (χ4n) is 0.841. The number of hydrogen-bond donors (Lipinski definition) is 0. The summed E-state index contributed by atoms with van der Waals surface area (Å²) in [5.74, 6) is -2.79. The molecule has 0 aromatic heterocycles. The van der Waals surface area contributed by atoms with Crippen molar-refractivity contribution in [3.05, 3.63) is 28.3 Å². The third-order valence-electron chi connectivity index (χ3n) is 1.44. The van der Waals surface area contributed by atoms with Gasteiger partial charge in [0, 0.05) is 0 Å². The van der Waals surface area contributed by atoms with Crippen LogP contribution in [0.2, 0.25) is 5.02 Å². The normalized spacial score (nSPS) is 9.46. The zero-order valence-electron chi connectivity index (χ0n) is 6.57. The Morgan fingerprint density at radius 3 is 2.62 bits per heavy atom. The Bertz CT molecular complexity index is 387. The Morgan fingerprint density at radius 2 is 2.15 bits per heavy atom. The molecular formula is C8H4ClF2NO. The van der Waals surface area contributed by atoms with Crippen molar-refractivity contribution >= 4 is 11.6 Å². The van der Waals surface area contributed by atoms with Crippen molar-refractivity contribution in [1.82, 2.24) is 0 Å². The second kappa shape index (κ2) is 3.58. The van der Waals surface area contributed by atoms with Crippen molar-refractivity contribution in [3.63, 3.8) is 0 Å². The average molecular weight is 204 g/mol. The van der Waals surface area contributed by atoms with Crippen LogP contribution in [0.25, 0.3) is 0 Å². The van der Waals surface area contributed by atoms with Gasteiger partial charge in [-0.2, -0.15) is 9.65 Å². The van der Waals surface area contributed by atoms with E-state index in [1.807, 2.05) is 0 Å². The van der Waals surface area contributed by atoms with Crippen molar-refractivity contribution in [2.24, 2.45) is 0 Å². The van der Waals surface area contributed by atoms with E-state index in [1.54, 1.807) is 6.07 Å². The first-order valence-corrected chi connectivity index (χ1v) is 3.61. The molecule has 1 rings (SSSR count). The van der Waals surface area contributed by atoms with Gasteiger partial charge in [0.05, 0.1) is 12.7 Å². The Hall–Kier alpha value is -1.34. The van der Waals surface area contributed by atoms with Crippen LogP contribution in [0.1, 0.15) is 5.56 Å². The Balaban J connectivity index is 3.50. The van der Waals surface area contributed by atoms with Crippen LogP contribution in [0.15, 0.2) is 6.07 Å². The molecule has 0 bridgehead atoms. The number of benzene rings is 1. The van der Waals surface area contributed by atoms with Gasteiger partial charge in [0.2, 0.25) is 5.82 Å². The fraction of sp³-hybridized carbons (Fsp3) is 0.125. The topological polar surface area (TPSA) is 33.0 Å². The minimum absolute atomic E-state index is 0.155. The number of rotatable bonds is 1. The van der Waals surface area contributed by atoms with Crippen molar-refractivity contribution in [2.75, 3.05) is 7.11 Å². The maximum Gasteiger partial charge on any atom is 0.202 e. The molecule has 0 fully saturated rings. The number of halogens is 3. The Kier molecular flexibility index (Phi) is 2.69. The number of nitriles is 1. The van der Waals surface area contributed by atoms with Crippen LogP contribution in [-0.2, 0) is 0 Å². The molecule has 1 aromatic carbocycles. The highest BCUT2D eigenvalue weighted by atomic mass is 35.5. The summed E-state index contributed by atoms with van der Waals surface area (Å²) in [6, 6.07) is 2.34. The number of ether oxygens (including phenoxy) is 1. The molecule has 1 aromatic rings. The van der Waals surface area contributed by atoms with E-state index in [4.69, 9.17) is 16.9 Å². The van der Waals surface area contributed by atoms with Crippen molar-refractivity contribution < 1.29 is 13.5 Å². The van der Waals surface area contributed by atoms with Gasteiger partial charge in [-0.05, 0) is 6.07 Å². The average Bonchev–Trinajstić information content (AvgIpc) is 2.12. The minimum atomic E-state index is -1.19. The summed E-state index contributed by atoms with van der Waals surface area (Å²) in [7, 11) is 1.14. The van der Waals surface area contributed by atoms with Crippen molar-refractivity contribution in [3.8, 4) is 11.8 Å². The van der Waals surface area contributed by atoms with Crippen LogP contribution in [0.3, 0.4) is 0 Å². The first-order chi connectivity index (χ1) is 6.11. The van der Waals surface area contributed by atoms with Crippen molar-refractivity contribution in [2.45, 2.75) is 0 Å². The molecule has 0 atom stereocenters. The molecule has 2 nitrogen and oxygen atoms in total. The smallest absolute Gasteiger partial charge is 0.202 e. The lowest BCUT2D eigenvalue weighted by Crippen LogP contribution is -1.95. The summed E-state index contributed by atoms with van der Waals surface area (Å²) < 4.78 is 30.1. The molecule has 0 heterocycles. The van der Waals surface area contributed by atoms with Gasteiger partial charge in [0.25, 0.3) is 0 Å². The molecular weight excluding hydrogens is 200 g/mol. The van der Waals surface area contributed by atoms with Crippen LogP contribution in [0.4, 0.5) is 8.78 Å². The molecule has 0 spiro atoms. The standard InChI is InChI=1S/C8H4ClF2NO/c1-13-8-6(9)4(3-12)2-5(10)7(8)11/h2H,1H3. The quantitative estimate of drug-likeness (QED) is 0.657. The summed E-state index contributed by atoms with van der Waals surface area (Å²) in [6.07, 6.45) is 0. The predicted octanol–water partition coefficient (Wildman–Crippen LogP) is 2.50. The number of nitrogens with zero attached hydrogens (tertiary/aromatic N) is 1. The van der Waals surface area contributed by atoms with Crippen LogP contribution in [0.5, 0.6) is 5.75 Å². The van der Waals surface area contributed by atoms with Gasteiger partial charge in [0.1, 0.15) is 11.1 Å². The predicted molar refractivity (Wildman–Crippen MR) is 42.6 cm³/mol. The lowest BCUT2D eigenvalue weighted by molar-refractivity contribution is 0.372. The van der Waals surface area contributed by atoms with Crippen LogP contribution in [-0.4, -0.2) is 7.11 Å². The zero-order chi connectivity index (χ0) is 10.0. The summed E-state index contributed by atoms with van der Waals surface area (Å²) in [5.41, 5.74) is -0.155. The second-order valence-electron chi connectivity index (χ2n) is 2.18. The van der Waals surface area contributed by atoms with Gasteiger partial charge in [-0.15, -0.1) is 0 Å². The number of hydrogen-bond acceptors (Lipinski definition) is 2. The van der Waals surface area contributed by atoms with E-state index in [2.05, 4.69) is 4.74 Å². The molecule has 0 unspecified atom stereocenters. The van der Waals surface area contributed by atoms with Gasteiger partial charge >= 0.3 is 0 Å². The molecule has 13 heavy (non-hydrogen) atoms. The highest BCUT2D eigenvalue weighted by Gasteiger charge is 2.17. The molecule has 0 saturated carbocycles. The molecule has 0 aliphatic heterocycles. The molecule has 0 aliphatic carbocycles. The maximum atomic E-state index is 12.9. The maximum absolute atomic E-state index is 12.9. The molecule has 0 amide bonds. The number of methoxy groups -OCH3 is 1. The van der Waals surface area contributed by atoms with Gasteiger partial charge in [-0.3, -0.25) is 0 Å². The fourth-order valence-corrected chi connectivity index (χ4v) is 1.10. The SMILES string of the molecule is COc1c(F)c(F)cc(C#N)c1Cl. The zero-order valence-corrected chi connectivity index (χ0v) is 7.32. The largest absolute Gasteiger partial charge is 0.492 e.